The van der Waals surface area contributed by atoms with Gasteiger partial charge in [0.15, 0.2) is 0 Å². The second-order valence-corrected chi connectivity index (χ2v) is 1.96. The lowest BCUT2D eigenvalue weighted by atomic mass is 10.2. The smallest absolute Gasteiger partial charge is 0.397 e. The molecule has 0 unspecified atom stereocenters. The lowest BCUT2D eigenvalue weighted by Gasteiger charge is -2.07. The molecular weight excluding hydrogens is 157 g/mol. The third kappa shape index (κ3) is 1.60. The average molecular weight is 162 g/mol. The molecule has 1 heterocycles. The number of nitrogens with two attached hydrogens (primary N) is 1. The molecule has 2 N–H and O–H groups in total. The summed E-state index contributed by atoms with van der Waals surface area (Å²) in [6.07, 6.45) is -2.35. The van der Waals surface area contributed by atoms with E-state index in [1.54, 1.807) is 0 Å². The van der Waals surface area contributed by atoms with Crippen LogP contribution in [0.2, 0.25) is 0 Å². The molecule has 5 heteroatoms. The molecule has 0 atom stereocenters. The predicted molar refractivity (Wildman–Crippen MR) is 33.7 cm³/mol. The number of pyridine rings is 1. The molecular formula is C6H5F3N2. The van der Waals surface area contributed by atoms with E-state index in [1.165, 1.54) is 0 Å². The van der Waals surface area contributed by atoms with Crippen molar-refractivity contribution >= 4 is 5.69 Å². The Labute approximate surface area is 60.9 Å². The number of halogens is 3. The van der Waals surface area contributed by atoms with Gasteiger partial charge in [-0.2, -0.15) is 13.2 Å². The summed E-state index contributed by atoms with van der Waals surface area (Å²) in [6, 6.07) is 0.843. The molecule has 0 spiro atoms. The summed E-state index contributed by atoms with van der Waals surface area (Å²) in [5, 5.41) is 0. The van der Waals surface area contributed by atoms with Crippen LogP contribution in [0.25, 0.3) is 0 Å². The molecule has 0 saturated heterocycles. The Hall–Kier alpha value is -1.26. The van der Waals surface area contributed by atoms with Crippen molar-refractivity contribution in [3.8, 4) is 0 Å². The highest BCUT2D eigenvalue weighted by molar-refractivity contribution is 5.45. The summed E-state index contributed by atoms with van der Waals surface area (Å²) < 4.78 is 35.8. The minimum atomic E-state index is -4.38. The van der Waals surface area contributed by atoms with Crippen molar-refractivity contribution in [2.24, 2.45) is 0 Å². The van der Waals surface area contributed by atoms with Gasteiger partial charge in [0.05, 0.1) is 17.4 Å². The molecule has 0 fully saturated rings. The van der Waals surface area contributed by atoms with Gasteiger partial charge >= 0.3 is 6.18 Å². The zero-order valence-corrected chi connectivity index (χ0v) is 5.39. The standard InChI is InChI=1S/C6H5F3N2/c7-6(8,9)4-1-2-11-3-5(4)10/h1-3H,10H2. The van der Waals surface area contributed by atoms with Gasteiger partial charge in [0.2, 0.25) is 0 Å². The Morgan fingerprint density at radius 2 is 2.00 bits per heavy atom. The fourth-order valence-corrected chi connectivity index (χ4v) is 0.665. The van der Waals surface area contributed by atoms with E-state index in [2.05, 4.69) is 4.98 Å². The van der Waals surface area contributed by atoms with Gasteiger partial charge < -0.3 is 5.73 Å². The van der Waals surface area contributed by atoms with Gasteiger partial charge in [0.1, 0.15) is 0 Å². The van der Waals surface area contributed by atoms with E-state index in [4.69, 9.17) is 5.73 Å². The minimum absolute atomic E-state index is 0.347. The molecule has 11 heavy (non-hydrogen) atoms. The van der Waals surface area contributed by atoms with Gasteiger partial charge in [-0.25, -0.2) is 0 Å². The van der Waals surface area contributed by atoms with Crippen molar-refractivity contribution in [2.75, 3.05) is 5.73 Å². The maximum atomic E-state index is 11.9. The molecule has 1 aromatic rings. The van der Waals surface area contributed by atoms with Crippen LogP contribution in [0.15, 0.2) is 18.5 Å². The lowest BCUT2D eigenvalue weighted by Crippen LogP contribution is -2.08. The zero-order chi connectivity index (χ0) is 8.48. The number of hydrogen-bond acceptors (Lipinski definition) is 2. The summed E-state index contributed by atoms with van der Waals surface area (Å²) >= 11 is 0. The number of nitrogens with zero attached hydrogens (tertiary/aromatic N) is 1. The molecule has 1 rings (SSSR count). The Morgan fingerprint density at radius 3 is 2.36 bits per heavy atom. The molecule has 2 nitrogen and oxygen atoms in total. The van der Waals surface area contributed by atoms with E-state index >= 15 is 0 Å². The molecule has 0 saturated carbocycles. The highest BCUT2D eigenvalue weighted by atomic mass is 19.4. The second-order valence-electron chi connectivity index (χ2n) is 1.96. The van der Waals surface area contributed by atoms with Crippen molar-refractivity contribution in [3.05, 3.63) is 24.0 Å². The predicted octanol–water partition coefficient (Wildman–Crippen LogP) is 1.68. The first-order valence-corrected chi connectivity index (χ1v) is 2.78. The van der Waals surface area contributed by atoms with Gasteiger partial charge in [0, 0.05) is 6.20 Å². The Balaban J connectivity index is 3.14. The minimum Gasteiger partial charge on any atom is -0.397 e. The highest BCUT2D eigenvalue weighted by Gasteiger charge is 2.32. The maximum Gasteiger partial charge on any atom is 0.418 e. The third-order valence-electron chi connectivity index (χ3n) is 1.16. The van der Waals surface area contributed by atoms with Gasteiger partial charge in [0.25, 0.3) is 0 Å². The molecule has 60 valence electrons. The monoisotopic (exact) mass is 162 g/mol. The second kappa shape index (κ2) is 2.41. The van der Waals surface area contributed by atoms with Gasteiger partial charge in [-0.05, 0) is 6.07 Å². The van der Waals surface area contributed by atoms with E-state index in [1.807, 2.05) is 0 Å². The fourth-order valence-electron chi connectivity index (χ4n) is 0.665. The highest BCUT2D eigenvalue weighted by Crippen LogP contribution is 2.32. The fraction of sp³-hybridized carbons (Fsp3) is 0.167. The normalized spacial score (nSPS) is 11.5. The molecule has 0 radical (unpaired) electrons. The van der Waals surface area contributed by atoms with Crippen LogP contribution in [-0.4, -0.2) is 4.98 Å². The number of hydrogen-bond donors (Lipinski definition) is 1. The zero-order valence-electron chi connectivity index (χ0n) is 5.39. The van der Waals surface area contributed by atoms with Gasteiger partial charge in [-0.1, -0.05) is 0 Å². The number of aromatic nitrogens is 1. The summed E-state index contributed by atoms with van der Waals surface area (Å²) in [5.41, 5.74) is 3.84. The van der Waals surface area contributed by atoms with Crippen molar-refractivity contribution in [1.29, 1.82) is 0 Å². The quantitative estimate of drug-likeness (QED) is 0.630. The number of nitrogen functional groups attached to an aromatic ring is 1. The van der Waals surface area contributed by atoms with Crippen LogP contribution in [-0.2, 0) is 6.18 Å². The summed E-state index contributed by atoms with van der Waals surface area (Å²) in [4.78, 5) is 3.43. The van der Waals surface area contributed by atoms with Crippen LogP contribution < -0.4 is 5.73 Å². The maximum absolute atomic E-state index is 11.9. The molecule has 0 aliphatic heterocycles. The van der Waals surface area contributed by atoms with Crippen molar-refractivity contribution in [2.45, 2.75) is 6.18 Å². The van der Waals surface area contributed by atoms with Gasteiger partial charge in [-0.15, -0.1) is 0 Å². The lowest BCUT2D eigenvalue weighted by molar-refractivity contribution is -0.136. The molecule has 0 aliphatic rings. The Kier molecular flexibility index (Phi) is 1.72. The number of alkyl halides is 3. The first kappa shape index (κ1) is 7.84. The Bertz CT molecular complexity index is 256. The summed E-state index contributed by atoms with van der Waals surface area (Å²) in [6.45, 7) is 0. The number of anilines is 1. The molecule has 0 amide bonds. The van der Waals surface area contributed by atoms with Crippen molar-refractivity contribution in [1.82, 2.24) is 4.98 Å². The van der Waals surface area contributed by atoms with Crippen molar-refractivity contribution in [3.63, 3.8) is 0 Å². The average Bonchev–Trinajstić information content (AvgIpc) is 1.86. The molecule has 1 aromatic heterocycles. The van der Waals surface area contributed by atoms with E-state index in [0.717, 1.165) is 18.5 Å². The topological polar surface area (TPSA) is 38.9 Å². The number of rotatable bonds is 0. The summed E-state index contributed by atoms with van der Waals surface area (Å²) in [7, 11) is 0. The van der Waals surface area contributed by atoms with Crippen LogP contribution in [0.5, 0.6) is 0 Å². The van der Waals surface area contributed by atoms with Crippen LogP contribution in [0.3, 0.4) is 0 Å². The third-order valence-corrected chi connectivity index (χ3v) is 1.16. The van der Waals surface area contributed by atoms with E-state index < -0.39 is 11.7 Å². The SMILES string of the molecule is Nc1cnccc1C(F)(F)F. The van der Waals surface area contributed by atoms with Crippen LogP contribution in [0.4, 0.5) is 18.9 Å². The van der Waals surface area contributed by atoms with Crippen LogP contribution in [0, 0.1) is 0 Å². The first-order valence-electron chi connectivity index (χ1n) is 2.78. The molecule has 0 aromatic carbocycles. The van der Waals surface area contributed by atoms with Crippen LogP contribution in [0.1, 0.15) is 5.56 Å². The largest absolute Gasteiger partial charge is 0.418 e. The van der Waals surface area contributed by atoms with E-state index in [0.29, 0.717) is 0 Å². The van der Waals surface area contributed by atoms with Crippen LogP contribution >= 0.6 is 0 Å². The van der Waals surface area contributed by atoms with Gasteiger partial charge in [-0.3, -0.25) is 4.98 Å². The van der Waals surface area contributed by atoms with E-state index in [-0.39, 0.29) is 5.69 Å². The molecule has 0 aliphatic carbocycles. The summed E-state index contributed by atoms with van der Waals surface area (Å²) in [5.74, 6) is 0. The first-order chi connectivity index (χ1) is 5.02. The van der Waals surface area contributed by atoms with Crippen molar-refractivity contribution < 1.29 is 13.2 Å². The Morgan fingerprint density at radius 1 is 1.36 bits per heavy atom. The van der Waals surface area contributed by atoms with E-state index in [9.17, 15) is 13.2 Å². The molecule has 0 bridgehead atoms.